The maximum absolute atomic E-state index is 9.79. The van der Waals surface area contributed by atoms with Gasteiger partial charge in [0.15, 0.2) is 0 Å². The smallest absolute Gasteiger partial charge is 0.0737 e. The van der Waals surface area contributed by atoms with E-state index in [2.05, 4.69) is 59.8 Å². The van der Waals surface area contributed by atoms with E-state index in [0.29, 0.717) is 0 Å². The fraction of sp³-hybridized carbons (Fsp3) is 0.538. The first kappa shape index (κ1) is 11.9. The van der Waals surface area contributed by atoms with Crippen molar-refractivity contribution in [3.8, 4) is 0 Å². The Balaban J connectivity index is 2.37. The molecular weight excluding hydrogens is 266 g/mol. The van der Waals surface area contributed by atoms with E-state index in [4.69, 9.17) is 0 Å². The van der Waals surface area contributed by atoms with Gasteiger partial charge in [-0.2, -0.15) is 0 Å². The van der Waals surface area contributed by atoms with Crippen molar-refractivity contribution in [2.75, 3.05) is 11.4 Å². The van der Waals surface area contributed by atoms with Crippen LogP contribution in [0.25, 0.3) is 0 Å². The quantitative estimate of drug-likeness (QED) is 0.856. The third-order valence-electron chi connectivity index (χ3n) is 3.31. The van der Waals surface area contributed by atoms with Crippen molar-refractivity contribution < 1.29 is 5.11 Å². The van der Waals surface area contributed by atoms with Crippen LogP contribution in [0.4, 0.5) is 5.69 Å². The number of halogens is 1. The van der Waals surface area contributed by atoms with Gasteiger partial charge >= 0.3 is 0 Å². The summed E-state index contributed by atoms with van der Waals surface area (Å²) in [5.41, 5.74) is 2.51. The fourth-order valence-electron chi connectivity index (χ4n) is 2.56. The Kier molecular flexibility index (Phi) is 3.01. The second-order valence-corrected chi connectivity index (χ2v) is 6.13. The molecule has 0 aromatic heterocycles. The van der Waals surface area contributed by atoms with Gasteiger partial charge in [0.2, 0.25) is 0 Å². The number of benzene rings is 1. The van der Waals surface area contributed by atoms with Gasteiger partial charge in [0, 0.05) is 22.2 Å². The summed E-state index contributed by atoms with van der Waals surface area (Å²) in [4.78, 5) is 2.30. The third-order valence-corrected chi connectivity index (χ3v) is 3.80. The van der Waals surface area contributed by atoms with E-state index >= 15 is 0 Å². The van der Waals surface area contributed by atoms with Gasteiger partial charge in [0.05, 0.1) is 6.10 Å². The molecule has 1 aromatic carbocycles. The highest BCUT2D eigenvalue weighted by Crippen LogP contribution is 2.36. The van der Waals surface area contributed by atoms with Crippen LogP contribution < -0.4 is 4.90 Å². The molecule has 1 atom stereocenters. The minimum absolute atomic E-state index is 0.0397. The lowest BCUT2D eigenvalue weighted by Crippen LogP contribution is -2.38. The summed E-state index contributed by atoms with van der Waals surface area (Å²) >= 11 is 3.48. The Morgan fingerprint density at radius 1 is 1.44 bits per heavy atom. The van der Waals surface area contributed by atoms with Crippen molar-refractivity contribution in [1.82, 2.24) is 0 Å². The van der Waals surface area contributed by atoms with Gasteiger partial charge in [-0.3, -0.25) is 0 Å². The average molecular weight is 284 g/mol. The number of nitrogens with zero attached hydrogens (tertiary/aromatic N) is 1. The van der Waals surface area contributed by atoms with Gasteiger partial charge in [0.25, 0.3) is 0 Å². The fourth-order valence-corrected chi connectivity index (χ4v) is 3.03. The van der Waals surface area contributed by atoms with Crippen LogP contribution in [0.3, 0.4) is 0 Å². The predicted octanol–water partition coefficient (Wildman–Crippen LogP) is 3.11. The van der Waals surface area contributed by atoms with E-state index < -0.39 is 0 Å². The van der Waals surface area contributed by atoms with E-state index in [9.17, 15) is 5.11 Å². The number of aliphatic hydroxyl groups excluding tert-OH is 1. The third kappa shape index (κ3) is 2.11. The number of β-amino-alcohol motifs (C(OH)–C–C–N with tert-alkyl or cyclic N) is 1. The van der Waals surface area contributed by atoms with Gasteiger partial charge in [-0.05, 0) is 51.0 Å². The van der Waals surface area contributed by atoms with Crippen LogP contribution in [0.2, 0.25) is 0 Å². The molecule has 1 unspecified atom stereocenters. The SMILES string of the molecule is Cc1cc(Br)ccc1N1CC(O)CC1(C)C. The molecule has 1 N–H and O–H groups in total. The van der Waals surface area contributed by atoms with Crippen LogP contribution in [0, 0.1) is 6.92 Å². The first-order valence-corrected chi connectivity index (χ1v) is 6.41. The molecule has 1 aliphatic rings. The van der Waals surface area contributed by atoms with Crippen LogP contribution in [-0.2, 0) is 0 Å². The number of anilines is 1. The summed E-state index contributed by atoms with van der Waals surface area (Å²) in [5.74, 6) is 0. The van der Waals surface area contributed by atoms with Crippen LogP contribution in [0.5, 0.6) is 0 Å². The highest BCUT2D eigenvalue weighted by Gasteiger charge is 2.37. The van der Waals surface area contributed by atoms with Crippen molar-refractivity contribution >= 4 is 21.6 Å². The molecule has 1 aromatic rings. The maximum Gasteiger partial charge on any atom is 0.0737 e. The Hall–Kier alpha value is -0.540. The molecule has 2 rings (SSSR count). The summed E-state index contributed by atoms with van der Waals surface area (Å²) in [6.07, 6.45) is 0.626. The van der Waals surface area contributed by atoms with Crippen LogP contribution in [-0.4, -0.2) is 23.3 Å². The lowest BCUT2D eigenvalue weighted by molar-refractivity contribution is 0.188. The zero-order chi connectivity index (χ0) is 11.9. The van der Waals surface area contributed by atoms with Gasteiger partial charge in [-0.15, -0.1) is 0 Å². The molecule has 1 saturated heterocycles. The minimum Gasteiger partial charge on any atom is -0.391 e. The molecule has 16 heavy (non-hydrogen) atoms. The summed E-state index contributed by atoms with van der Waals surface area (Å²) in [6.45, 7) is 7.21. The van der Waals surface area contributed by atoms with E-state index in [0.717, 1.165) is 17.4 Å². The lowest BCUT2D eigenvalue weighted by atomic mass is 10.00. The second kappa shape index (κ2) is 4.04. The van der Waals surface area contributed by atoms with E-state index in [-0.39, 0.29) is 11.6 Å². The standard InChI is InChI=1S/C13H18BrNO/c1-9-6-10(14)4-5-12(9)15-8-11(16)7-13(15,2)3/h4-6,11,16H,7-8H2,1-3H3. The molecular formula is C13H18BrNO. The monoisotopic (exact) mass is 283 g/mol. The molecule has 88 valence electrons. The minimum atomic E-state index is -0.210. The number of aliphatic hydroxyl groups is 1. The summed E-state index contributed by atoms with van der Waals surface area (Å²) in [5, 5.41) is 9.79. The largest absolute Gasteiger partial charge is 0.391 e. The molecule has 3 heteroatoms. The summed E-state index contributed by atoms with van der Waals surface area (Å²) < 4.78 is 1.10. The predicted molar refractivity (Wildman–Crippen MR) is 70.9 cm³/mol. The maximum atomic E-state index is 9.79. The van der Waals surface area contributed by atoms with Crippen molar-refractivity contribution in [2.24, 2.45) is 0 Å². The zero-order valence-electron chi connectivity index (χ0n) is 10.00. The summed E-state index contributed by atoms with van der Waals surface area (Å²) in [6, 6.07) is 6.30. The van der Waals surface area contributed by atoms with E-state index in [1.165, 1.54) is 11.3 Å². The van der Waals surface area contributed by atoms with E-state index in [1.807, 2.05) is 0 Å². The molecule has 0 bridgehead atoms. The van der Waals surface area contributed by atoms with Crippen molar-refractivity contribution in [3.05, 3.63) is 28.2 Å². The molecule has 0 spiro atoms. The Morgan fingerprint density at radius 2 is 2.12 bits per heavy atom. The number of hydrogen-bond acceptors (Lipinski definition) is 2. The van der Waals surface area contributed by atoms with Gasteiger partial charge in [-0.1, -0.05) is 15.9 Å². The molecule has 1 aliphatic heterocycles. The Bertz CT molecular complexity index is 403. The van der Waals surface area contributed by atoms with Crippen molar-refractivity contribution in [3.63, 3.8) is 0 Å². The number of aryl methyl sites for hydroxylation is 1. The molecule has 1 fully saturated rings. The van der Waals surface area contributed by atoms with Gasteiger partial charge in [0.1, 0.15) is 0 Å². The molecule has 0 saturated carbocycles. The van der Waals surface area contributed by atoms with Crippen molar-refractivity contribution in [1.29, 1.82) is 0 Å². The number of hydrogen-bond donors (Lipinski definition) is 1. The summed E-state index contributed by atoms with van der Waals surface area (Å²) in [7, 11) is 0. The van der Waals surface area contributed by atoms with E-state index in [1.54, 1.807) is 0 Å². The van der Waals surface area contributed by atoms with Gasteiger partial charge < -0.3 is 10.0 Å². The topological polar surface area (TPSA) is 23.5 Å². The second-order valence-electron chi connectivity index (χ2n) is 5.21. The Morgan fingerprint density at radius 3 is 2.62 bits per heavy atom. The molecule has 1 heterocycles. The first-order chi connectivity index (χ1) is 7.40. The normalized spacial score (nSPS) is 23.8. The highest BCUT2D eigenvalue weighted by molar-refractivity contribution is 9.10. The van der Waals surface area contributed by atoms with Gasteiger partial charge in [-0.25, -0.2) is 0 Å². The molecule has 0 aliphatic carbocycles. The molecule has 0 amide bonds. The molecule has 0 radical (unpaired) electrons. The van der Waals surface area contributed by atoms with Crippen LogP contribution in [0.1, 0.15) is 25.8 Å². The highest BCUT2D eigenvalue weighted by atomic mass is 79.9. The first-order valence-electron chi connectivity index (χ1n) is 5.62. The average Bonchev–Trinajstić information content (AvgIpc) is 2.39. The number of rotatable bonds is 1. The Labute approximate surface area is 105 Å². The lowest BCUT2D eigenvalue weighted by Gasteiger charge is -2.34. The van der Waals surface area contributed by atoms with Crippen molar-refractivity contribution in [2.45, 2.75) is 38.8 Å². The van der Waals surface area contributed by atoms with Crippen LogP contribution >= 0.6 is 15.9 Å². The molecule has 2 nitrogen and oxygen atoms in total. The zero-order valence-corrected chi connectivity index (χ0v) is 11.6. The van der Waals surface area contributed by atoms with Crippen LogP contribution in [0.15, 0.2) is 22.7 Å².